The molecule has 0 bridgehead atoms. The van der Waals surface area contributed by atoms with E-state index in [2.05, 4.69) is 29.1 Å². The minimum Gasteiger partial charge on any atom is -0.269 e. The zero-order chi connectivity index (χ0) is 22.5. The Labute approximate surface area is 186 Å². The number of rotatable bonds is 7. The van der Waals surface area contributed by atoms with Gasteiger partial charge in [0.05, 0.1) is 60.0 Å². The molecule has 5 rings (SSSR count). The molecule has 0 atom stereocenters. The van der Waals surface area contributed by atoms with Crippen LogP contribution in [0.1, 0.15) is 38.8 Å². The standard InChI is InChI=1S/C21H26N8O2S/c1-4-17(5-2)27-11-16(9-24-27)21-20-6-7-22-29(20)14-19(25-21)15-8-23-28(10-15)18-12-26(13-18)32(3,30)31/h6-11,14,17-18H,4-5,12-13H2,1-3H3. The molecule has 11 heteroatoms. The first kappa shape index (κ1) is 20.8. The summed E-state index contributed by atoms with van der Waals surface area (Å²) in [5.74, 6) is 0. The van der Waals surface area contributed by atoms with E-state index in [1.807, 2.05) is 44.7 Å². The van der Waals surface area contributed by atoms with Crippen LogP contribution in [0, 0.1) is 0 Å². The van der Waals surface area contributed by atoms with Crippen LogP contribution in [0.4, 0.5) is 0 Å². The van der Waals surface area contributed by atoms with Crippen molar-refractivity contribution in [2.75, 3.05) is 19.3 Å². The van der Waals surface area contributed by atoms with Gasteiger partial charge < -0.3 is 0 Å². The highest BCUT2D eigenvalue weighted by atomic mass is 32.2. The Hall–Kier alpha value is -3.05. The zero-order valence-electron chi connectivity index (χ0n) is 18.3. The number of hydrogen-bond acceptors (Lipinski definition) is 6. The molecular formula is C21H26N8O2S. The fourth-order valence-electron chi connectivity index (χ4n) is 4.13. The highest BCUT2D eigenvalue weighted by Gasteiger charge is 2.34. The molecule has 1 aliphatic heterocycles. The van der Waals surface area contributed by atoms with Gasteiger partial charge in [0.15, 0.2) is 0 Å². The number of sulfonamides is 1. The zero-order valence-corrected chi connectivity index (χ0v) is 19.1. The summed E-state index contributed by atoms with van der Waals surface area (Å²) < 4.78 is 30.4. The summed E-state index contributed by atoms with van der Waals surface area (Å²) in [6.07, 6.45) is 14.5. The van der Waals surface area contributed by atoms with Gasteiger partial charge in [-0.25, -0.2) is 17.9 Å². The van der Waals surface area contributed by atoms with Crippen LogP contribution in [0.5, 0.6) is 0 Å². The minimum atomic E-state index is -3.15. The predicted octanol–water partition coefficient (Wildman–Crippen LogP) is 2.63. The normalized spacial score (nSPS) is 15.6. The fourth-order valence-corrected chi connectivity index (χ4v) is 5.01. The van der Waals surface area contributed by atoms with E-state index in [0.29, 0.717) is 19.1 Å². The molecule has 1 fully saturated rings. The van der Waals surface area contributed by atoms with Crippen LogP contribution in [0.15, 0.2) is 43.2 Å². The molecule has 0 aromatic carbocycles. The third-order valence-corrected chi connectivity index (χ3v) is 7.39. The lowest BCUT2D eigenvalue weighted by atomic mass is 10.1. The molecule has 1 saturated heterocycles. The maximum atomic E-state index is 11.6. The van der Waals surface area contributed by atoms with Crippen LogP contribution in [-0.2, 0) is 10.0 Å². The van der Waals surface area contributed by atoms with E-state index in [9.17, 15) is 8.42 Å². The maximum Gasteiger partial charge on any atom is 0.211 e. The molecule has 0 N–H and O–H groups in total. The summed E-state index contributed by atoms with van der Waals surface area (Å²) in [5, 5.41) is 13.5. The van der Waals surface area contributed by atoms with Crippen LogP contribution in [0.3, 0.4) is 0 Å². The van der Waals surface area contributed by atoms with E-state index in [-0.39, 0.29) is 6.04 Å². The molecule has 0 spiro atoms. The molecule has 0 aliphatic carbocycles. The van der Waals surface area contributed by atoms with Gasteiger partial charge >= 0.3 is 0 Å². The first-order valence-corrected chi connectivity index (χ1v) is 12.6. The third kappa shape index (κ3) is 3.61. The van der Waals surface area contributed by atoms with Crippen LogP contribution in [-0.4, -0.2) is 66.2 Å². The second kappa shape index (κ2) is 7.82. The van der Waals surface area contributed by atoms with Crippen molar-refractivity contribution in [1.29, 1.82) is 0 Å². The van der Waals surface area contributed by atoms with Crippen LogP contribution < -0.4 is 0 Å². The Balaban J connectivity index is 1.48. The van der Waals surface area contributed by atoms with Crippen molar-refractivity contribution in [2.45, 2.75) is 38.8 Å². The molecule has 10 nitrogen and oxygen atoms in total. The lowest BCUT2D eigenvalue weighted by Gasteiger charge is -2.36. The molecule has 0 amide bonds. The second-order valence-corrected chi connectivity index (χ2v) is 10.2. The fraction of sp³-hybridized carbons (Fsp3) is 0.429. The van der Waals surface area contributed by atoms with E-state index in [1.165, 1.54) is 10.6 Å². The van der Waals surface area contributed by atoms with Gasteiger partial charge in [0.25, 0.3) is 0 Å². The lowest BCUT2D eigenvalue weighted by molar-refractivity contribution is 0.192. The molecule has 4 aromatic heterocycles. The molecular weight excluding hydrogens is 428 g/mol. The third-order valence-electron chi connectivity index (χ3n) is 6.15. The van der Waals surface area contributed by atoms with Crippen molar-refractivity contribution in [3.05, 3.63) is 43.2 Å². The van der Waals surface area contributed by atoms with Crippen molar-refractivity contribution in [3.63, 3.8) is 0 Å². The van der Waals surface area contributed by atoms with E-state index in [1.54, 1.807) is 12.4 Å². The Kier molecular flexibility index (Phi) is 5.09. The molecule has 1 aliphatic rings. The highest BCUT2D eigenvalue weighted by molar-refractivity contribution is 7.88. The van der Waals surface area contributed by atoms with Crippen LogP contribution >= 0.6 is 0 Å². The van der Waals surface area contributed by atoms with Gasteiger partial charge in [-0.3, -0.25) is 9.36 Å². The van der Waals surface area contributed by atoms with Gasteiger partial charge in [0, 0.05) is 36.6 Å². The van der Waals surface area contributed by atoms with Gasteiger partial charge in [0.1, 0.15) is 0 Å². The van der Waals surface area contributed by atoms with Gasteiger partial charge in [-0.2, -0.15) is 19.6 Å². The van der Waals surface area contributed by atoms with Crippen molar-refractivity contribution in [1.82, 2.24) is 38.5 Å². The molecule has 4 aromatic rings. The second-order valence-electron chi connectivity index (χ2n) is 8.26. The summed E-state index contributed by atoms with van der Waals surface area (Å²) in [5.41, 5.74) is 4.27. The van der Waals surface area contributed by atoms with Crippen molar-refractivity contribution >= 4 is 15.5 Å². The molecule has 5 heterocycles. The SMILES string of the molecule is CCC(CC)n1cc(-c2nc(-c3cnn(C4CN(S(C)(=O)=O)C4)c3)cn3nccc23)cn1. The molecule has 32 heavy (non-hydrogen) atoms. The Morgan fingerprint density at radius 3 is 2.50 bits per heavy atom. The minimum absolute atomic E-state index is 0.0321. The first-order valence-electron chi connectivity index (χ1n) is 10.8. The summed E-state index contributed by atoms with van der Waals surface area (Å²) in [7, 11) is -3.15. The Morgan fingerprint density at radius 2 is 1.78 bits per heavy atom. The maximum absolute atomic E-state index is 11.6. The molecule has 168 valence electrons. The molecule has 0 radical (unpaired) electrons. The van der Waals surface area contributed by atoms with Gasteiger partial charge in [0.2, 0.25) is 10.0 Å². The topological polar surface area (TPSA) is 103 Å². The number of aromatic nitrogens is 7. The van der Waals surface area contributed by atoms with Crippen molar-refractivity contribution in [2.24, 2.45) is 0 Å². The van der Waals surface area contributed by atoms with Gasteiger partial charge in [-0.15, -0.1) is 0 Å². The van der Waals surface area contributed by atoms with Crippen LogP contribution in [0.2, 0.25) is 0 Å². The number of hydrogen-bond donors (Lipinski definition) is 0. The Morgan fingerprint density at radius 1 is 1.03 bits per heavy atom. The van der Waals surface area contributed by atoms with Crippen LogP contribution in [0.25, 0.3) is 28.0 Å². The highest BCUT2D eigenvalue weighted by Crippen LogP contribution is 2.29. The average Bonchev–Trinajstić information content (AvgIpc) is 3.46. The predicted molar refractivity (Wildman–Crippen MR) is 121 cm³/mol. The average molecular weight is 455 g/mol. The number of nitrogens with zero attached hydrogens (tertiary/aromatic N) is 8. The molecule has 0 unspecified atom stereocenters. The Bertz CT molecular complexity index is 1360. The molecule has 0 saturated carbocycles. The lowest BCUT2D eigenvalue weighted by Crippen LogP contribution is -2.50. The summed E-state index contributed by atoms with van der Waals surface area (Å²) in [4.78, 5) is 4.93. The van der Waals surface area contributed by atoms with E-state index < -0.39 is 10.0 Å². The monoisotopic (exact) mass is 454 g/mol. The van der Waals surface area contributed by atoms with E-state index in [4.69, 9.17) is 4.98 Å². The van der Waals surface area contributed by atoms with Gasteiger partial charge in [-0.05, 0) is 18.9 Å². The quantitative estimate of drug-likeness (QED) is 0.425. The first-order chi connectivity index (χ1) is 15.4. The summed E-state index contributed by atoms with van der Waals surface area (Å²) in [6, 6.07) is 2.34. The summed E-state index contributed by atoms with van der Waals surface area (Å²) >= 11 is 0. The van der Waals surface area contributed by atoms with Crippen molar-refractivity contribution < 1.29 is 8.42 Å². The van der Waals surface area contributed by atoms with E-state index >= 15 is 0 Å². The van der Waals surface area contributed by atoms with Crippen molar-refractivity contribution in [3.8, 4) is 22.5 Å². The van der Waals surface area contributed by atoms with E-state index in [0.717, 1.165) is 40.9 Å². The number of fused-ring (bicyclic) bond motifs is 1. The van der Waals surface area contributed by atoms with Gasteiger partial charge in [-0.1, -0.05) is 13.8 Å². The smallest absolute Gasteiger partial charge is 0.211 e. The largest absolute Gasteiger partial charge is 0.269 e. The summed E-state index contributed by atoms with van der Waals surface area (Å²) in [6.45, 7) is 5.20.